The molecule has 2 heterocycles. The van der Waals surface area contributed by atoms with Crippen molar-refractivity contribution in [3.63, 3.8) is 0 Å². The first-order valence-electron chi connectivity index (χ1n) is 10.7. The third-order valence-electron chi connectivity index (χ3n) is 5.95. The Morgan fingerprint density at radius 2 is 1.79 bits per heavy atom. The number of hydrogen-bond donors (Lipinski definition) is 0. The summed E-state index contributed by atoms with van der Waals surface area (Å²) in [7, 11) is 0. The molecule has 0 spiro atoms. The second kappa shape index (κ2) is 8.06. The number of aryl methyl sites for hydroxylation is 3. The van der Waals surface area contributed by atoms with Gasteiger partial charge in [-0.15, -0.1) is 0 Å². The molecule has 0 atom stereocenters. The van der Waals surface area contributed by atoms with Gasteiger partial charge >= 0.3 is 11.6 Å². The topological polar surface area (TPSA) is 74.3 Å². The van der Waals surface area contributed by atoms with E-state index in [-0.39, 0.29) is 6.61 Å². The minimum atomic E-state index is -0.478. The number of ether oxygens (including phenoxy) is 1. The lowest BCUT2D eigenvalue weighted by Gasteiger charge is -2.10. The number of nitrogens with zero attached hydrogens (tertiary/aromatic N) is 2. The highest BCUT2D eigenvalue weighted by Crippen LogP contribution is 2.25. The van der Waals surface area contributed by atoms with E-state index < -0.39 is 11.6 Å². The zero-order valence-electron chi connectivity index (χ0n) is 18.6. The van der Waals surface area contributed by atoms with Crippen LogP contribution in [-0.4, -0.2) is 15.5 Å². The average Bonchev–Trinajstić information content (AvgIpc) is 3.15. The molecular weight excluding hydrogens is 416 g/mol. The number of benzene rings is 3. The molecule has 0 unspecified atom stereocenters. The van der Waals surface area contributed by atoms with E-state index in [0.29, 0.717) is 22.2 Å². The second-order valence-corrected chi connectivity index (χ2v) is 8.08. The fourth-order valence-corrected chi connectivity index (χ4v) is 4.10. The quantitative estimate of drug-likeness (QED) is 0.277. The molecule has 164 valence electrons. The van der Waals surface area contributed by atoms with Gasteiger partial charge in [0.15, 0.2) is 0 Å². The van der Waals surface area contributed by atoms with Gasteiger partial charge in [0.2, 0.25) is 0 Å². The molecule has 0 radical (unpaired) electrons. The minimum absolute atomic E-state index is 0.0288. The SMILES string of the molecule is Cc1ccc2c(COC(=O)c3ccc4c(c3)nc(C)n4-c3ccccc3)cc(=O)oc2c1C. The maximum atomic E-state index is 12.8. The Labute approximate surface area is 190 Å². The van der Waals surface area contributed by atoms with Crippen molar-refractivity contribution in [1.29, 1.82) is 0 Å². The van der Waals surface area contributed by atoms with E-state index in [9.17, 15) is 9.59 Å². The van der Waals surface area contributed by atoms with Crippen molar-refractivity contribution in [3.8, 4) is 5.69 Å². The number of hydrogen-bond acceptors (Lipinski definition) is 5. The number of imidazole rings is 1. The minimum Gasteiger partial charge on any atom is -0.457 e. The third kappa shape index (κ3) is 3.69. The lowest BCUT2D eigenvalue weighted by atomic mass is 10.0. The summed E-state index contributed by atoms with van der Waals surface area (Å²) < 4.78 is 13.0. The fraction of sp³-hybridized carbons (Fsp3) is 0.148. The number of esters is 1. The number of carbonyl (C=O) groups is 1. The van der Waals surface area contributed by atoms with E-state index in [1.165, 1.54) is 6.07 Å². The van der Waals surface area contributed by atoms with Crippen LogP contribution >= 0.6 is 0 Å². The van der Waals surface area contributed by atoms with Crippen molar-refractivity contribution in [3.05, 3.63) is 105 Å². The van der Waals surface area contributed by atoms with Crippen LogP contribution in [0.4, 0.5) is 0 Å². The third-order valence-corrected chi connectivity index (χ3v) is 5.95. The summed E-state index contributed by atoms with van der Waals surface area (Å²) in [5.41, 5.74) is 5.62. The van der Waals surface area contributed by atoms with Gasteiger partial charge in [0, 0.05) is 22.7 Å². The predicted octanol–water partition coefficient (Wildman–Crippen LogP) is 5.41. The van der Waals surface area contributed by atoms with Crippen LogP contribution in [0.2, 0.25) is 0 Å². The molecule has 0 aliphatic rings. The molecule has 3 aromatic carbocycles. The summed E-state index contributed by atoms with van der Waals surface area (Å²) in [5, 5.41) is 0.762. The highest BCUT2D eigenvalue weighted by molar-refractivity contribution is 5.94. The lowest BCUT2D eigenvalue weighted by molar-refractivity contribution is 0.0474. The maximum Gasteiger partial charge on any atom is 0.338 e. The molecule has 0 fully saturated rings. The molecule has 6 heteroatoms. The lowest BCUT2D eigenvalue weighted by Crippen LogP contribution is -2.08. The summed E-state index contributed by atoms with van der Waals surface area (Å²) >= 11 is 0. The summed E-state index contributed by atoms with van der Waals surface area (Å²) in [6.45, 7) is 5.76. The Balaban J connectivity index is 1.44. The van der Waals surface area contributed by atoms with E-state index in [4.69, 9.17) is 9.15 Å². The van der Waals surface area contributed by atoms with Crippen molar-refractivity contribution in [1.82, 2.24) is 9.55 Å². The molecule has 0 aliphatic heterocycles. The van der Waals surface area contributed by atoms with Crippen LogP contribution in [0.5, 0.6) is 0 Å². The molecule has 5 rings (SSSR count). The molecular formula is C27H22N2O4. The standard InChI is InChI=1S/C27H22N2O4/c1-16-9-11-22-20(14-25(30)33-26(22)17(16)2)15-32-27(31)19-10-12-24-23(13-19)28-18(3)29(24)21-7-5-4-6-8-21/h4-14H,15H2,1-3H3. The smallest absolute Gasteiger partial charge is 0.338 e. The average molecular weight is 438 g/mol. The number of rotatable bonds is 4. The highest BCUT2D eigenvalue weighted by Gasteiger charge is 2.15. The van der Waals surface area contributed by atoms with Gasteiger partial charge in [-0.25, -0.2) is 14.6 Å². The van der Waals surface area contributed by atoms with Crippen LogP contribution in [0.25, 0.3) is 27.7 Å². The van der Waals surface area contributed by atoms with Gasteiger partial charge in [0.1, 0.15) is 18.0 Å². The number of para-hydroxylation sites is 1. The molecule has 0 saturated heterocycles. The Bertz CT molecular complexity index is 1580. The van der Waals surface area contributed by atoms with Crippen LogP contribution < -0.4 is 5.63 Å². The van der Waals surface area contributed by atoms with Crippen LogP contribution in [0, 0.1) is 20.8 Å². The van der Waals surface area contributed by atoms with E-state index in [0.717, 1.165) is 33.5 Å². The van der Waals surface area contributed by atoms with Crippen LogP contribution in [0.15, 0.2) is 75.9 Å². The number of fused-ring (bicyclic) bond motifs is 2. The van der Waals surface area contributed by atoms with Crippen molar-refractivity contribution in [2.45, 2.75) is 27.4 Å². The largest absolute Gasteiger partial charge is 0.457 e. The Morgan fingerprint density at radius 1 is 1.00 bits per heavy atom. The Kier molecular flexibility index (Phi) is 5.05. The van der Waals surface area contributed by atoms with E-state index in [2.05, 4.69) is 4.98 Å². The van der Waals surface area contributed by atoms with Crippen molar-refractivity contribution < 1.29 is 13.9 Å². The molecule has 0 bridgehead atoms. The van der Waals surface area contributed by atoms with Gasteiger partial charge in [-0.2, -0.15) is 0 Å². The normalized spacial score (nSPS) is 11.2. The molecule has 0 aliphatic carbocycles. The van der Waals surface area contributed by atoms with E-state index >= 15 is 0 Å². The zero-order valence-corrected chi connectivity index (χ0v) is 18.6. The molecule has 2 aromatic heterocycles. The Hall–Kier alpha value is -4.19. The summed E-state index contributed by atoms with van der Waals surface area (Å²) in [5.74, 6) is 0.351. The first-order chi connectivity index (χ1) is 15.9. The van der Waals surface area contributed by atoms with Crippen LogP contribution in [0.3, 0.4) is 0 Å². The Morgan fingerprint density at radius 3 is 2.58 bits per heavy atom. The molecule has 0 amide bonds. The van der Waals surface area contributed by atoms with Crippen molar-refractivity contribution in [2.75, 3.05) is 0 Å². The molecule has 6 nitrogen and oxygen atoms in total. The van der Waals surface area contributed by atoms with Gasteiger partial charge in [0.25, 0.3) is 0 Å². The molecule has 0 N–H and O–H groups in total. The number of aromatic nitrogens is 2. The zero-order chi connectivity index (χ0) is 23.1. The van der Waals surface area contributed by atoms with Gasteiger partial charge in [-0.1, -0.05) is 30.3 Å². The summed E-state index contributed by atoms with van der Waals surface area (Å²) in [6, 6.07) is 20.5. The van der Waals surface area contributed by atoms with Gasteiger partial charge < -0.3 is 9.15 Å². The van der Waals surface area contributed by atoms with E-state index in [1.807, 2.05) is 73.9 Å². The second-order valence-electron chi connectivity index (χ2n) is 8.08. The molecule has 0 saturated carbocycles. The van der Waals surface area contributed by atoms with Crippen molar-refractivity contribution in [2.24, 2.45) is 0 Å². The van der Waals surface area contributed by atoms with Crippen LogP contribution in [0.1, 0.15) is 32.9 Å². The first kappa shape index (κ1) is 20.7. The number of carbonyl (C=O) groups excluding carboxylic acids is 1. The van der Waals surface area contributed by atoms with E-state index in [1.54, 1.807) is 12.1 Å². The summed E-state index contributed by atoms with van der Waals surface area (Å²) in [4.78, 5) is 29.5. The summed E-state index contributed by atoms with van der Waals surface area (Å²) in [6.07, 6.45) is 0. The van der Waals surface area contributed by atoms with Gasteiger partial charge in [0.05, 0.1) is 16.6 Å². The maximum absolute atomic E-state index is 12.8. The van der Waals surface area contributed by atoms with Crippen LogP contribution in [-0.2, 0) is 11.3 Å². The van der Waals surface area contributed by atoms with Gasteiger partial charge in [-0.3, -0.25) is 4.57 Å². The molecule has 33 heavy (non-hydrogen) atoms. The first-order valence-corrected chi connectivity index (χ1v) is 10.7. The fourth-order valence-electron chi connectivity index (χ4n) is 4.10. The predicted molar refractivity (Wildman–Crippen MR) is 127 cm³/mol. The highest BCUT2D eigenvalue weighted by atomic mass is 16.5. The van der Waals surface area contributed by atoms with Crippen molar-refractivity contribution >= 4 is 28.0 Å². The van der Waals surface area contributed by atoms with Gasteiger partial charge in [-0.05, 0) is 62.2 Å². The molecule has 5 aromatic rings. The monoisotopic (exact) mass is 438 g/mol.